The van der Waals surface area contributed by atoms with Gasteiger partial charge in [0, 0.05) is 17.8 Å². The highest BCUT2D eigenvalue weighted by molar-refractivity contribution is 7.80. The standard InChI is InChI=1S/C15H12N4O5S/c1-9-2-4-11(5-3-9)16-15(25)17-14(20)10-6-12(18(21)22)8-13(7-10)19(23)24/h2-8H,1H3,(H2,16,17,20,25). The van der Waals surface area contributed by atoms with Crippen LogP contribution < -0.4 is 10.6 Å². The Hall–Kier alpha value is -3.40. The number of anilines is 1. The molecule has 0 spiro atoms. The molecule has 0 bridgehead atoms. The Balaban J connectivity index is 2.16. The van der Waals surface area contributed by atoms with E-state index in [4.69, 9.17) is 12.2 Å². The fourth-order valence-corrected chi connectivity index (χ4v) is 2.12. The van der Waals surface area contributed by atoms with Gasteiger partial charge in [-0.1, -0.05) is 17.7 Å². The first-order valence-electron chi connectivity index (χ1n) is 6.89. The predicted molar refractivity (Wildman–Crippen MR) is 94.6 cm³/mol. The molecule has 0 fully saturated rings. The maximum atomic E-state index is 12.2. The lowest BCUT2D eigenvalue weighted by molar-refractivity contribution is -0.394. The van der Waals surface area contributed by atoms with Crippen molar-refractivity contribution in [2.24, 2.45) is 0 Å². The highest BCUT2D eigenvalue weighted by Gasteiger charge is 2.20. The van der Waals surface area contributed by atoms with Crippen molar-refractivity contribution >= 4 is 40.3 Å². The van der Waals surface area contributed by atoms with Crippen LogP contribution in [0.2, 0.25) is 0 Å². The van der Waals surface area contributed by atoms with Crippen molar-refractivity contribution in [1.82, 2.24) is 5.32 Å². The van der Waals surface area contributed by atoms with Gasteiger partial charge in [-0.25, -0.2) is 0 Å². The van der Waals surface area contributed by atoms with Crippen LogP contribution in [0.1, 0.15) is 15.9 Å². The van der Waals surface area contributed by atoms with E-state index >= 15 is 0 Å². The Morgan fingerprint density at radius 3 is 2.00 bits per heavy atom. The maximum Gasteiger partial charge on any atom is 0.277 e. The zero-order valence-electron chi connectivity index (χ0n) is 12.9. The molecular weight excluding hydrogens is 348 g/mol. The second-order valence-corrected chi connectivity index (χ2v) is 5.43. The first-order chi connectivity index (χ1) is 11.8. The lowest BCUT2D eigenvalue weighted by atomic mass is 10.1. The van der Waals surface area contributed by atoms with E-state index in [0.717, 1.165) is 23.8 Å². The molecule has 2 N–H and O–H groups in total. The molecule has 128 valence electrons. The van der Waals surface area contributed by atoms with Crippen molar-refractivity contribution in [3.8, 4) is 0 Å². The van der Waals surface area contributed by atoms with Crippen molar-refractivity contribution in [3.63, 3.8) is 0 Å². The molecule has 0 saturated heterocycles. The molecule has 2 aromatic rings. The normalized spacial score (nSPS) is 9.96. The molecule has 2 aromatic carbocycles. The van der Waals surface area contributed by atoms with E-state index in [9.17, 15) is 25.0 Å². The minimum absolute atomic E-state index is 0.0389. The van der Waals surface area contributed by atoms with Gasteiger partial charge >= 0.3 is 0 Å². The molecule has 0 saturated carbocycles. The zero-order valence-corrected chi connectivity index (χ0v) is 13.7. The smallest absolute Gasteiger partial charge is 0.277 e. The number of nitro benzene ring substituents is 2. The van der Waals surface area contributed by atoms with E-state index in [1.165, 1.54) is 0 Å². The number of hydrogen-bond donors (Lipinski definition) is 2. The number of non-ortho nitro benzene ring substituents is 2. The van der Waals surface area contributed by atoms with E-state index in [1.807, 2.05) is 19.1 Å². The Bertz CT molecular complexity index is 834. The second kappa shape index (κ2) is 7.45. The Morgan fingerprint density at radius 1 is 1.00 bits per heavy atom. The molecule has 0 aliphatic carbocycles. The van der Waals surface area contributed by atoms with Gasteiger partial charge in [0.1, 0.15) is 0 Å². The highest BCUT2D eigenvalue weighted by Crippen LogP contribution is 2.22. The number of carbonyl (C=O) groups excluding carboxylic acids is 1. The van der Waals surface area contributed by atoms with Crippen LogP contribution in [0.3, 0.4) is 0 Å². The number of rotatable bonds is 4. The number of nitrogens with zero attached hydrogens (tertiary/aromatic N) is 2. The average Bonchev–Trinajstić information content (AvgIpc) is 2.56. The van der Waals surface area contributed by atoms with Crippen LogP contribution in [0.4, 0.5) is 17.1 Å². The quantitative estimate of drug-likeness (QED) is 0.487. The van der Waals surface area contributed by atoms with Gasteiger partial charge in [0.2, 0.25) is 0 Å². The molecule has 1 amide bonds. The molecule has 0 atom stereocenters. The predicted octanol–water partition coefficient (Wildman–Crippen LogP) is 2.94. The van der Waals surface area contributed by atoms with Gasteiger partial charge in [-0.2, -0.15) is 0 Å². The fourth-order valence-electron chi connectivity index (χ4n) is 1.91. The third-order valence-corrected chi connectivity index (χ3v) is 3.33. The molecule has 0 unspecified atom stereocenters. The monoisotopic (exact) mass is 360 g/mol. The zero-order chi connectivity index (χ0) is 18.6. The third-order valence-electron chi connectivity index (χ3n) is 3.12. The van der Waals surface area contributed by atoms with Gasteiger partial charge in [-0.15, -0.1) is 0 Å². The molecule has 0 aliphatic heterocycles. The van der Waals surface area contributed by atoms with Crippen LogP contribution in [0.25, 0.3) is 0 Å². The van der Waals surface area contributed by atoms with E-state index in [1.54, 1.807) is 12.1 Å². The van der Waals surface area contributed by atoms with Crippen molar-refractivity contribution in [3.05, 3.63) is 73.8 Å². The van der Waals surface area contributed by atoms with Gasteiger partial charge in [-0.3, -0.25) is 30.3 Å². The molecule has 0 aliphatic rings. The summed E-state index contributed by atoms with van der Waals surface area (Å²) in [6.45, 7) is 1.92. The first-order valence-corrected chi connectivity index (χ1v) is 7.30. The minimum atomic E-state index is -0.813. The summed E-state index contributed by atoms with van der Waals surface area (Å²) in [5, 5.41) is 26.8. The van der Waals surface area contributed by atoms with Gasteiger partial charge in [0.15, 0.2) is 5.11 Å². The number of hydrogen-bond acceptors (Lipinski definition) is 6. The molecule has 2 rings (SSSR count). The number of nitro groups is 2. The summed E-state index contributed by atoms with van der Waals surface area (Å²) in [7, 11) is 0. The number of thiocarbonyl (C=S) groups is 1. The van der Waals surface area contributed by atoms with Crippen LogP contribution in [0.15, 0.2) is 42.5 Å². The second-order valence-electron chi connectivity index (χ2n) is 5.03. The van der Waals surface area contributed by atoms with Crippen molar-refractivity contribution in [2.75, 3.05) is 5.32 Å². The molecule has 10 heteroatoms. The van der Waals surface area contributed by atoms with E-state index in [-0.39, 0.29) is 10.7 Å². The van der Waals surface area contributed by atoms with Crippen LogP contribution >= 0.6 is 12.2 Å². The summed E-state index contributed by atoms with van der Waals surface area (Å²) >= 11 is 5.00. The first kappa shape index (κ1) is 17.9. The molecule has 9 nitrogen and oxygen atoms in total. The number of benzene rings is 2. The molecule has 0 aromatic heterocycles. The van der Waals surface area contributed by atoms with Crippen LogP contribution in [-0.2, 0) is 0 Å². The van der Waals surface area contributed by atoms with E-state index in [2.05, 4.69) is 10.6 Å². The summed E-state index contributed by atoms with van der Waals surface area (Å²) in [4.78, 5) is 32.2. The summed E-state index contributed by atoms with van der Waals surface area (Å²) in [6.07, 6.45) is 0. The van der Waals surface area contributed by atoms with Crippen molar-refractivity contribution < 1.29 is 14.6 Å². The van der Waals surface area contributed by atoms with Crippen LogP contribution in [0.5, 0.6) is 0 Å². The Morgan fingerprint density at radius 2 is 1.52 bits per heavy atom. The summed E-state index contributed by atoms with van der Waals surface area (Å²) < 4.78 is 0. The Kier molecular flexibility index (Phi) is 5.35. The Labute approximate surface area is 147 Å². The summed E-state index contributed by atoms with van der Waals surface area (Å²) in [6, 6.07) is 9.86. The molecule has 0 radical (unpaired) electrons. The molecule has 0 heterocycles. The lowest BCUT2D eigenvalue weighted by Crippen LogP contribution is -2.34. The maximum absolute atomic E-state index is 12.2. The van der Waals surface area contributed by atoms with Crippen molar-refractivity contribution in [1.29, 1.82) is 0 Å². The highest BCUT2D eigenvalue weighted by atomic mass is 32.1. The lowest BCUT2D eigenvalue weighted by Gasteiger charge is -2.09. The molecule has 25 heavy (non-hydrogen) atoms. The summed E-state index contributed by atoms with van der Waals surface area (Å²) in [5.74, 6) is -0.795. The fraction of sp³-hybridized carbons (Fsp3) is 0.0667. The SMILES string of the molecule is Cc1ccc(NC(=S)NC(=O)c2cc([N+](=O)[O-])cc([N+](=O)[O-])c2)cc1. The number of amides is 1. The molecular formula is C15H12N4O5S. The van der Waals surface area contributed by atoms with Crippen LogP contribution in [-0.4, -0.2) is 20.9 Å². The largest absolute Gasteiger partial charge is 0.332 e. The van der Waals surface area contributed by atoms with E-state index in [0.29, 0.717) is 5.69 Å². The number of aryl methyl sites for hydroxylation is 1. The van der Waals surface area contributed by atoms with Gasteiger partial charge < -0.3 is 5.32 Å². The van der Waals surface area contributed by atoms with Crippen molar-refractivity contribution in [2.45, 2.75) is 6.92 Å². The van der Waals surface area contributed by atoms with Gasteiger partial charge in [-0.05, 0) is 31.3 Å². The average molecular weight is 360 g/mol. The van der Waals surface area contributed by atoms with Gasteiger partial charge in [0.05, 0.1) is 21.5 Å². The minimum Gasteiger partial charge on any atom is -0.332 e. The number of nitrogens with one attached hydrogen (secondary N) is 2. The van der Waals surface area contributed by atoms with Gasteiger partial charge in [0.25, 0.3) is 17.3 Å². The third kappa shape index (κ3) is 4.78. The topological polar surface area (TPSA) is 127 Å². The summed E-state index contributed by atoms with van der Waals surface area (Å²) in [5.41, 5.74) is 0.327. The number of carbonyl (C=O) groups is 1. The van der Waals surface area contributed by atoms with E-state index < -0.39 is 27.1 Å². The van der Waals surface area contributed by atoms with Crippen LogP contribution in [0, 0.1) is 27.2 Å².